The van der Waals surface area contributed by atoms with Crippen molar-refractivity contribution in [1.29, 1.82) is 0 Å². The lowest BCUT2D eigenvalue weighted by Crippen LogP contribution is -2.36. The number of hydrogen-bond donors (Lipinski definition) is 3. The van der Waals surface area contributed by atoms with E-state index in [0.717, 1.165) is 16.8 Å². The molecule has 3 rings (SSSR count). The Bertz CT molecular complexity index is 753. The molecule has 8 heteroatoms. The van der Waals surface area contributed by atoms with Crippen LogP contribution in [0.4, 0.5) is 5.82 Å². The van der Waals surface area contributed by atoms with E-state index in [1.165, 1.54) is 0 Å². The van der Waals surface area contributed by atoms with Gasteiger partial charge in [0.05, 0.1) is 24.9 Å². The Morgan fingerprint density at radius 2 is 2.28 bits per heavy atom. The second kappa shape index (κ2) is 7.54. The number of nitrogens with zero attached hydrogens (tertiary/aromatic N) is 4. The summed E-state index contributed by atoms with van der Waals surface area (Å²) in [6.45, 7) is 2.44. The average Bonchev–Trinajstić information content (AvgIpc) is 2.65. The van der Waals surface area contributed by atoms with Crippen molar-refractivity contribution in [2.24, 2.45) is 0 Å². The van der Waals surface area contributed by atoms with Crippen LogP contribution in [0.1, 0.15) is 18.2 Å². The zero-order valence-corrected chi connectivity index (χ0v) is 14.0. The van der Waals surface area contributed by atoms with Crippen LogP contribution in [0.15, 0.2) is 24.5 Å². The first kappa shape index (κ1) is 17.2. The van der Waals surface area contributed by atoms with Gasteiger partial charge in [-0.25, -0.2) is 9.97 Å². The largest absolute Gasteiger partial charge is 0.394 e. The molecule has 2 aromatic heterocycles. The number of rotatable bonds is 5. The molecule has 0 spiro atoms. The predicted octanol–water partition coefficient (Wildman–Crippen LogP) is 0.208. The quantitative estimate of drug-likeness (QED) is 0.711. The summed E-state index contributed by atoms with van der Waals surface area (Å²) in [5, 5.41) is 21.7. The minimum atomic E-state index is -0.871. The van der Waals surface area contributed by atoms with Crippen molar-refractivity contribution < 1.29 is 15.0 Å². The highest BCUT2D eigenvalue weighted by molar-refractivity contribution is 5.74. The fourth-order valence-electron chi connectivity index (χ4n) is 2.75. The molecule has 132 valence electrons. The number of aliphatic hydroxyl groups excluding tert-OH is 2. The Balaban J connectivity index is 1.98. The molecule has 0 radical (unpaired) electrons. The second-order valence-electron chi connectivity index (χ2n) is 5.97. The van der Waals surface area contributed by atoms with Gasteiger partial charge in [0.15, 0.2) is 5.82 Å². The van der Waals surface area contributed by atoms with Crippen molar-refractivity contribution >= 4 is 11.7 Å². The highest BCUT2D eigenvalue weighted by Gasteiger charge is 2.24. The minimum absolute atomic E-state index is 0.0115. The molecule has 3 heterocycles. The van der Waals surface area contributed by atoms with Crippen molar-refractivity contribution in [3.05, 3.63) is 35.8 Å². The molecule has 0 aliphatic carbocycles. The maximum Gasteiger partial charge on any atom is 0.219 e. The van der Waals surface area contributed by atoms with Gasteiger partial charge in [-0.1, -0.05) is 0 Å². The highest BCUT2D eigenvalue weighted by atomic mass is 16.3. The topological polar surface area (TPSA) is 111 Å². The average molecular weight is 343 g/mol. The molecule has 1 atom stereocenters. The maximum absolute atomic E-state index is 11.7. The first-order valence-corrected chi connectivity index (χ1v) is 8.17. The molecule has 2 aromatic rings. The Labute approximate surface area is 145 Å². The van der Waals surface area contributed by atoms with E-state index in [2.05, 4.69) is 20.3 Å². The van der Waals surface area contributed by atoms with Crippen LogP contribution >= 0.6 is 0 Å². The molecule has 3 N–H and O–H groups in total. The summed E-state index contributed by atoms with van der Waals surface area (Å²) in [5.74, 6) is 1.15. The monoisotopic (exact) mass is 343 g/mol. The summed E-state index contributed by atoms with van der Waals surface area (Å²) in [6.07, 6.45) is 3.13. The predicted molar refractivity (Wildman–Crippen MR) is 91.6 cm³/mol. The van der Waals surface area contributed by atoms with Gasteiger partial charge in [-0.3, -0.25) is 9.78 Å². The number of aromatic nitrogens is 3. The van der Waals surface area contributed by atoms with Crippen LogP contribution in [-0.2, 0) is 17.8 Å². The van der Waals surface area contributed by atoms with E-state index < -0.39 is 6.10 Å². The van der Waals surface area contributed by atoms with Gasteiger partial charge in [0, 0.05) is 43.5 Å². The van der Waals surface area contributed by atoms with E-state index in [9.17, 15) is 9.90 Å². The van der Waals surface area contributed by atoms with Crippen LogP contribution < -0.4 is 5.32 Å². The van der Waals surface area contributed by atoms with Gasteiger partial charge in [-0.15, -0.1) is 0 Å². The fourth-order valence-corrected chi connectivity index (χ4v) is 2.75. The van der Waals surface area contributed by atoms with Crippen LogP contribution in [0.2, 0.25) is 0 Å². The number of carbonyl (C=O) groups excluding carboxylic acids is 1. The zero-order chi connectivity index (χ0) is 17.8. The number of hydrogen-bond acceptors (Lipinski definition) is 7. The molecule has 25 heavy (non-hydrogen) atoms. The number of fused-ring (bicyclic) bond motifs is 1. The number of aliphatic hydroxyl groups is 2. The molecule has 0 saturated heterocycles. The number of anilines is 1. The smallest absolute Gasteiger partial charge is 0.219 e. The van der Waals surface area contributed by atoms with Crippen LogP contribution in [0.3, 0.4) is 0 Å². The van der Waals surface area contributed by atoms with Gasteiger partial charge < -0.3 is 20.4 Å². The molecule has 0 aromatic carbocycles. The van der Waals surface area contributed by atoms with Gasteiger partial charge >= 0.3 is 0 Å². The molecular weight excluding hydrogens is 322 g/mol. The lowest BCUT2D eigenvalue weighted by Gasteiger charge is -2.29. The summed E-state index contributed by atoms with van der Waals surface area (Å²) in [7, 11) is 0. The fraction of sp³-hybridized carbons (Fsp3) is 0.412. The standard InChI is InChI=1S/C17H21N5O3/c1-11(24)22-6-4-14-15(9-22)20-16(12-3-2-5-18-7-12)21-17(14)19-8-13(25)10-23/h2-3,5,7,13,23,25H,4,6,8-10H2,1H3,(H,19,20,21)/t13-/m1/s1. The summed E-state index contributed by atoms with van der Waals surface area (Å²) in [6, 6.07) is 3.68. The third-order valence-electron chi connectivity index (χ3n) is 4.15. The van der Waals surface area contributed by atoms with Crippen LogP contribution in [-0.4, -0.2) is 61.8 Å². The van der Waals surface area contributed by atoms with Crippen LogP contribution in [0, 0.1) is 0 Å². The van der Waals surface area contributed by atoms with Crippen LogP contribution in [0.25, 0.3) is 11.4 Å². The molecule has 1 aliphatic heterocycles. The highest BCUT2D eigenvalue weighted by Crippen LogP contribution is 2.27. The molecule has 0 unspecified atom stereocenters. The summed E-state index contributed by atoms with van der Waals surface area (Å²) >= 11 is 0. The number of carbonyl (C=O) groups is 1. The SMILES string of the molecule is CC(=O)N1CCc2c(nc(-c3cccnc3)nc2NC[C@@H](O)CO)C1. The Morgan fingerprint density at radius 3 is 2.96 bits per heavy atom. The summed E-state index contributed by atoms with van der Waals surface area (Å²) in [4.78, 5) is 26.7. The van der Waals surface area contributed by atoms with Gasteiger partial charge in [0.2, 0.25) is 5.91 Å². The molecule has 1 aliphatic rings. The molecular formula is C17H21N5O3. The zero-order valence-electron chi connectivity index (χ0n) is 14.0. The summed E-state index contributed by atoms with van der Waals surface area (Å²) in [5.41, 5.74) is 2.50. The molecule has 0 fully saturated rings. The van der Waals surface area contributed by atoms with Gasteiger partial charge in [0.1, 0.15) is 5.82 Å². The van der Waals surface area contributed by atoms with Crippen molar-refractivity contribution in [3.63, 3.8) is 0 Å². The van der Waals surface area contributed by atoms with E-state index in [1.807, 2.05) is 12.1 Å². The normalized spacial score (nSPS) is 14.8. The molecule has 0 bridgehead atoms. The Kier molecular flexibility index (Phi) is 5.20. The van der Waals surface area contributed by atoms with E-state index in [4.69, 9.17) is 5.11 Å². The molecule has 8 nitrogen and oxygen atoms in total. The van der Waals surface area contributed by atoms with Crippen molar-refractivity contribution in [1.82, 2.24) is 19.9 Å². The summed E-state index contributed by atoms with van der Waals surface area (Å²) < 4.78 is 0. The van der Waals surface area contributed by atoms with E-state index in [0.29, 0.717) is 31.2 Å². The Morgan fingerprint density at radius 1 is 1.44 bits per heavy atom. The van der Waals surface area contributed by atoms with Gasteiger partial charge in [-0.05, 0) is 18.6 Å². The first-order chi connectivity index (χ1) is 12.1. The maximum atomic E-state index is 11.7. The van der Waals surface area contributed by atoms with Crippen LogP contribution in [0.5, 0.6) is 0 Å². The number of amides is 1. The number of pyridine rings is 1. The Hall–Kier alpha value is -2.58. The number of nitrogens with one attached hydrogen (secondary N) is 1. The molecule has 1 amide bonds. The second-order valence-corrected chi connectivity index (χ2v) is 5.97. The van der Waals surface area contributed by atoms with Gasteiger partial charge in [-0.2, -0.15) is 0 Å². The third-order valence-corrected chi connectivity index (χ3v) is 4.15. The van der Waals surface area contributed by atoms with Crippen molar-refractivity contribution in [2.75, 3.05) is 25.0 Å². The first-order valence-electron chi connectivity index (χ1n) is 8.17. The van der Waals surface area contributed by atoms with Crippen molar-refractivity contribution in [3.8, 4) is 11.4 Å². The van der Waals surface area contributed by atoms with Crippen molar-refractivity contribution in [2.45, 2.75) is 26.0 Å². The third kappa shape index (κ3) is 3.92. The van der Waals surface area contributed by atoms with E-state index in [-0.39, 0.29) is 19.1 Å². The minimum Gasteiger partial charge on any atom is -0.394 e. The lowest BCUT2D eigenvalue weighted by atomic mass is 10.0. The lowest BCUT2D eigenvalue weighted by molar-refractivity contribution is -0.129. The van der Waals surface area contributed by atoms with E-state index >= 15 is 0 Å². The van der Waals surface area contributed by atoms with E-state index in [1.54, 1.807) is 24.2 Å². The molecule has 0 saturated carbocycles. The van der Waals surface area contributed by atoms with Gasteiger partial charge in [0.25, 0.3) is 0 Å².